The Morgan fingerprint density at radius 3 is 2.71 bits per heavy atom. The van der Waals surface area contributed by atoms with Gasteiger partial charge in [-0.05, 0) is 29.3 Å². The molecular weight excluding hydrogens is 357 g/mol. The number of nitrogens with zero attached hydrogens (tertiary/aromatic N) is 2. The first-order chi connectivity index (χ1) is 13.5. The second kappa shape index (κ2) is 7.46. The van der Waals surface area contributed by atoms with E-state index in [0.717, 1.165) is 22.0 Å². The van der Waals surface area contributed by atoms with Crippen LogP contribution in [0.2, 0.25) is 0 Å². The van der Waals surface area contributed by atoms with Crippen molar-refractivity contribution in [2.24, 2.45) is 7.05 Å². The molecule has 2 aromatic carbocycles. The summed E-state index contributed by atoms with van der Waals surface area (Å²) in [6.07, 6.45) is 2.55. The number of para-hydroxylation sites is 1. The molecule has 2 amide bonds. The number of likely N-dealkylation sites (tertiary alicyclic amines) is 1. The highest BCUT2D eigenvalue weighted by molar-refractivity contribution is 5.90. The van der Waals surface area contributed by atoms with E-state index in [1.807, 2.05) is 42.1 Å². The molecule has 0 bridgehead atoms. The van der Waals surface area contributed by atoms with Crippen LogP contribution >= 0.6 is 0 Å². The largest absolute Gasteiger partial charge is 0.351 e. The van der Waals surface area contributed by atoms with Crippen molar-refractivity contribution in [3.8, 4) is 0 Å². The molecule has 5 nitrogen and oxygen atoms in total. The maximum absolute atomic E-state index is 13.0. The number of amides is 2. The van der Waals surface area contributed by atoms with Crippen molar-refractivity contribution in [1.29, 1.82) is 0 Å². The summed E-state index contributed by atoms with van der Waals surface area (Å²) in [4.78, 5) is 26.5. The summed E-state index contributed by atoms with van der Waals surface area (Å²) >= 11 is 0. The van der Waals surface area contributed by atoms with Crippen LogP contribution in [0.4, 0.5) is 4.39 Å². The monoisotopic (exact) mass is 379 g/mol. The second-order valence-corrected chi connectivity index (χ2v) is 7.33. The third-order valence-electron chi connectivity index (χ3n) is 5.20. The minimum atomic E-state index is -0.296. The van der Waals surface area contributed by atoms with Crippen molar-refractivity contribution < 1.29 is 14.0 Å². The first kappa shape index (κ1) is 18.2. The molecule has 0 radical (unpaired) electrons. The molecule has 0 unspecified atom stereocenters. The third-order valence-corrected chi connectivity index (χ3v) is 5.20. The minimum Gasteiger partial charge on any atom is -0.351 e. The van der Waals surface area contributed by atoms with E-state index in [9.17, 15) is 14.0 Å². The topological polar surface area (TPSA) is 54.3 Å². The smallest absolute Gasteiger partial charge is 0.225 e. The lowest BCUT2D eigenvalue weighted by atomic mass is 10.1. The van der Waals surface area contributed by atoms with Crippen molar-refractivity contribution in [3.05, 3.63) is 71.7 Å². The molecule has 0 spiro atoms. The predicted octanol–water partition coefficient (Wildman–Crippen LogP) is 2.78. The van der Waals surface area contributed by atoms with Crippen molar-refractivity contribution in [1.82, 2.24) is 14.8 Å². The van der Waals surface area contributed by atoms with Crippen LogP contribution in [0.1, 0.15) is 17.5 Å². The van der Waals surface area contributed by atoms with Gasteiger partial charge in [0.1, 0.15) is 5.82 Å². The summed E-state index contributed by atoms with van der Waals surface area (Å²) in [5.74, 6) is -0.382. The Morgan fingerprint density at radius 2 is 1.93 bits per heavy atom. The first-order valence-corrected chi connectivity index (χ1v) is 9.34. The van der Waals surface area contributed by atoms with Crippen LogP contribution in [-0.4, -0.2) is 33.9 Å². The van der Waals surface area contributed by atoms with E-state index in [-0.39, 0.29) is 30.1 Å². The Morgan fingerprint density at radius 1 is 1.18 bits per heavy atom. The Labute approximate surface area is 162 Å². The highest BCUT2D eigenvalue weighted by Crippen LogP contribution is 2.21. The van der Waals surface area contributed by atoms with E-state index >= 15 is 0 Å². The molecule has 4 rings (SSSR count). The lowest BCUT2D eigenvalue weighted by molar-refractivity contribution is -0.128. The van der Waals surface area contributed by atoms with E-state index < -0.39 is 0 Å². The zero-order valence-electron chi connectivity index (χ0n) is 15.7. The third kappa shape index (κ3) is 3.76. The highest BCUT2D eigenvalue weighted by Gasteiger charge is 2.30. The van der Waals surface area contributed by atoms with E-state index in [0.29, 0.717) is 19.5 Å². The fourth-order valence-corrected chi connectivity index (χ4v) is 3.85. The van der Waals surface area contributed by atoms with Gasteiger partial charge in [0.05, 0.1) is 12.5 Å². The molecule has 1 N–H and O–H groups in total. The molecule has 2 heterocycles. The Kier molecular flexibility index (Phi) is 4.86. The van der Waals surface area contributed by atoms with Crippen molar-refractivity contribution in [2.75, 3.05) is 6.54 Å². The summed E-state index contributed by atoms with van der Waals surface area (Å²) in [5, 5.41) is 4.06. The normalized spacial score (nSPS) is 16.7. The van der Waals surface area contributed by atoms with Crippen molar-refractivity contribution in [3.63, 3.8) is 0 Å². The van der Waals surface area contributed by atoms with Gasteiger partial charge in [-0.1, -0.05) is 30.3 Å². The fraction of sp³-hybridized carbons (Fsp3) is 0.273. The van der Waals surface area contributed by atoms with Gasteiger partial charge >= 0.3 is 0 Å². The molecule has 1 aliphatic heterocycles. The average Bonchev–Trinajstić information content (AvgIpc) is 3.17. The van der Waals surface area contributed by atoms with E-state index in [4.69, 9.17) is 0 Å². The van der Waals surface area contributed by atoms with Gasteiger partial charge in [0.15, 0.2) is 0 Å². The number of aryl methyl sites for hydroxylation is 1. The average molecular weight is 379 g/mol. The Hall–Kier alpha value is -3.15. The van der Waals surface area contributed by atoms with E-state index in [1.54, 1.807) is 17.0 Å². The van der Waals surface area contributed by atoms with Gasteiger partial charge in [-0.3, -0.25) is 9.59 Å². The molecule has 1 aromatic heterocycles. The van der Waals surface area contributed by atoms with Crippen molar-refractivity contribution in [2.45, 2.75) is 25.4 Å². The molecule has 6 heteroatoms. The number of aromatic nitrogens is 1. The molecule has 28 heavy (non-hydrogen) atoms. The highest BCUT2D eigenvalue weighted by atomic mass is 19.1. The number of fused-ring (bicyclic) bond motifs is 1. The number of carbonyl (C=O) groups excluding carboxylic acids is 2. The van der Waals surface area contributed by atoms with Gasteiger partial charge in [0, 0.05) is 43.7 Å². The lowest BCUT2D eigenvalue weighted by Gasteiger charge is -2.17. The van der Waals surface area contributed by atoms with Gasteiger partial charge in [0.2, 0.25) is 11.8 Å². The molecule has 1 aliphatic rings. The van der Waals surface area contributed by atoms with Crippen LogP contribution in [0.15, 0.2) is 54.7 Å². The van der Waals surface area contributed by atoms with Gasteiger partial charge in [-0.15, -0.1) is 0 Å². The molecule has 1 atom stereocenters. The van der Waals surface area contributed by atoms with E-state index in [1.165, 1.54) is 12.1 Å². The van der Waals surface area contributed by atoms with Gasteiger partial charge in [-0.25, -0.2) is 4.39 Å². The van der Waals surface area contributed by atoms with Crippen LogP contribution in [0.5, 0.6) is 0 Å². The predicted molar refractivity (Wildman–Crippen MR) is 105 cm³/mol. The van der Waals surface area contributed by atoms with E-state index in [2.05, 4.69) is 5.32 Å². The Balaban J connectivity index is 1.37. The van der Waals surface area contributed by atoms with Crippen LogP contribution in [-0.2, 0) is 29.6 Å². The number of hydrogen-bond acceptors (Lipinski definition) is 2. The van der Waals surface area contributed by atoms with Crippen LogP contribution in [0.25, 0.3) is 10.9 Å². The summed E-state index contributed by atoms with van der Waals surface area (Å²) < 4.78 is 15.0. The number of halogens is 1. The molecule has 1 fully saturated rings. The number of benzene rings is 2. The second-order valence-electron chi connectivity index (χ2n) is 7.33. The number of hydrogen-bond donors (Lipinski definition) is 1. The SMILES string of the molecule is Cn1cc(CC(=O)N[C@H]2CC(=O)N(Cc3ccc(F)cc3)C2)c2ccccc21. The van der Waals surface area contributed by atoms with Crippen LogP contribution < -0.4 is 5.32 Å². The summed E-state index contributed by atoms with van der Waals surface area (Å²) in [6.45, 7) is 0.895. The standard InChI is InChI=1S/C22H22FN3O2/c1-25-13-16(19-4-2-3-5-20(19)25)10-21(27)24-18-11-22(28)26(14-18)12-15-6-8-17(23)9-7-15/h2-9,13,18H,10-12,14H2,1H3,(H,24,27)/t18-/m0/s1. The maximum atomic E-state index is 13.0. The lowest BCUT2D eigenvalue weighted by Crippen LogP contribution is -2.37. The Bertz CT molecular complexity index is 1030. The zero-order valence-corrected chi connectivity index (χ0v) is 15.7. The number of carbonyl (C=O) groups is 2. The maximum Gasteiger partial charge on any atom is 0.225 e. The van der Waals surface area contributed by atoms with Crippen LogP contribution in [0, 0.1) is 5.82 Å². The first-order valence-electron chi connectivity index (χ1n) is 9.34. The molecule has 1 saturated heterocycles. The van der Waals surface area contributed by atoms with Crippen molar-refractivity contribution >= 4 is 22.7 Å². The number of nitrogens with one attached hydrogen (secondary N) is 1. The van der Waals surface area contributed by atoms with Gasteiger partial charge < -0.3 is 14.8 Å². The molecule has 0 aliphatic carbocycles. The molecule has 144 valence electrons. The zero-order chi connectivity index (χ0) is 19.7. The number of rotatable bonds is 5. The summed E-state index contributed by atoms with van der Waals surface area (Å²) in [6, 6.07) is 13.9. The molecule has 3 aromatic rings. The summed E-state index contributed by atoms with van der Waals surface area (Å²) in [5.41, 5.74) is 2.94. The quantitative estimate of drug-likeness (QED) is 0.741. The molecule has 0 saturated carbocycles. The fourth-order valence-electron chi connectivity index (χ4n) is 3.85. The summed E-state index contributed by atoms with van der Waals surface area (Å²) in [7, 11) is 1.96. The minimum absolute atomic E-state index is 0.000198. The van der Waals surface area contributed by atoms with Crippen LogP contribution in [0.3, 0.4) is 0 Å². The van der Waals surface area contributed by atoms with Gasteiger partial charge in [0.25, 0.3) is 0 Å². The molecular formula is C22H22FN3O2. The van der Waals surface area contributed by atoms with Gasteiger partial charge in [-0.2, -0.15) is 0 Å².